The molecule has 4 heteroatoms. The molecule has 1 aliphatic heterocycles. The molecular formula is C18H30N2O2. The molecular weight excluding hydrogens is 276 g/mol. The molecule has 0 aromatic carbocycles. The molecule has 2 atom stereocenters. The first-order valence-electron chi connectivity index (χ1n) is 8.95. The monoisotopic (exact) mass is 306 g/mol. The summed E-state index contributed by atoms with van der Waals surface area (Å²) in [7, 11) is 3.63. The highest BCUT2D eigenvalue weighted by molar-refractivity contribution is 5.74. The minimum absolute atomic E-state index is 0.0788. The van der Waals surface area contributed by atoms with Gasteiger partial charge in [-0.25, -0.2) is 4.79 Å². The fourth-order valence-corrected chi connectivity index (χ4v) is 5.25. The Morgan fingerprint density at radius 2 is 1.73 bits per heavy atom. The van der Waals surface area contributed by atoms with Crippen LogP contribution in [0.3, 0.4) is 0 Å². The second kappa shape index (κ2) is 6.21. The van der Waals surface area contributed by atoms with Crippen molar-refractivity contribution in [2.75, 3.05) is 27.2 Å². The lowest BCUT2D eigenvalue weighted by molar-refractivity contribution is -0.117. The largest absolute Gasteiger partial charge is 0.331 e. The molecule has 0 bridgehead atoms. The Morgan fingerprint density at radius 1 is 1.14 bits per heavy atom. The molecule has 0 aromatic rings. The molecule has 2 amide bonds. The van der Waals surface area contributed by atoms with Crippen LogP contribution in [0.25, 0.3) is 0 Å². The number of carbonyl (C=O) groups is 2. The number of fused-ring (bicyclic) bond motifs is 1. The highest BCUT2D eigenvalue weighted by Crippen LogP contribution is 2.52. The predicted molar refractivity (Wildman–Crippen MR) is 86.6 cm³/mol. The van der Waals surface area contributed by atoms with Crippen molar-refractivity contribution >= 4 is 12.3 Å². The summed E-state index contributed by atoms with van der Waals surface area (Å²) in [6, 6.07) is 0.124. The van der Waals surface area contributed by atoms with Crippen molar-refractivity contribution in [3.63, 3.8) is 0 Å². The lowest BCUT2D eigenvalue weighted by Crippen LogP contribution is -2.39. The molecule has 0 radical (unpaired) electrons. The quantitative estimate of drug-likeness (QED) is 0.751. The average molecular weight is 306 g/mol. The van der Waals surface area contributed by atoms with E-state index in [4.69, 9.17) is 0 Å². The summed E-state index contributed by atoms with van der Waals surface area (Å²) in [5.74, 6) is 1.84. The Labute approximate surface area is 134 Å². The van der Waals surface area contributed by atoms with Gasteiger partial charge < -0.3 is 14.6 Å². The molecule has 0 aromatic heterocycles. The van der Waals surface area contributed by atoms with E-state index < -0.39 is 0 Å². The van der Waals surface area contributed by atoms with Crippen molar-refractivity contribution in [2.45, 2.75) is 51.4 Å². The van der Waals surface area contributed by atoms with Crippen LogP contribution in [0.1, 0.15) is 51.4 Å². The van der Waals surface area contributed by atoms with E-state index in [0.717, 1.165) is 38.3 Å². The Hall–Kier alpha value is -1.06. The maximum Gasteiger partial charge on any atom is 0.319 e. The van der Waals surface area contributed by atoms with Crippen LogP contribution in [0.2, 0.25) is 0 Å². The number of rotatable bonds is 3. The molecule has 4 nitrogen and oxygen atoms in total. The van der Waals surface area contributed by atoms with Gasteiger partial charge in [0.05, 0.1) is 0 Å². The van der Waals surface area contributed by atoms with Crippen LogP contribution in [0, 0.1) is 23.2 Å². The van der Waals surface area contributed by atoms with Crippen molar-refractivity contribution < 1.29 is 9.59 Å². The molecule has 1 heterocycles. The van der Waals surface area contributed by atoms with E-state index in [-0.39, 0.29) is 11.4 Å². The van der Waals surface area contributed by atoms with E-state index in [1.165, 1.54) is 38.4 Å². The number of carbonyl (C=O) groups excluding carboxylic acids is 2. The number of urea groups is 1. The zero-order valence-electron chi connectivity index (χ0n) is 14.1. The maximum absolute atomic E-state index is 12.1. The molecule has 22 heavy (non-hydrogen) atoms. The minimum atomic E-state index is -0.0788. The highest BCUT2D eigenvalue weighted by atomic mass is 16.2. The average Bonchev–Trinajstić information content (AvgIpc) is 3.03. The van der Waals surface area contributed by atoms with Crippen LogP contribution in [0.5, 0.6) is 0 Å². The fraction of sp³-hybridized carbons (Fsp3) is 0.889. The number of hydrogen-bond acceptors (Lipinski definition) is 2. The first-order chi connectivity index (χ1) is 10.5. The standard InChI is InChI=1S/C18H30N2O2/c1-19(2)17(22)20-11-15-9-18(13-21,10-16(15)12-20)8-14-6-4-3-5-7-14/h13-16H,3-12H2,1-2H3. The van der Waals surface area contributed by atoms with E-state index in [2.05, 4.69) is 0 Å². The number of amides is 2. The van der Waals surface area contributed by atoms with Crippen LogP contribution < -0.4 is 0 Å². The van der Waals surface area contributed by atoms with Crippen LogP contribution in [-0.2, 0) is 4.79 Å². The number of nitrogens with zero attached hydrogens (tertiary/aromatic N) is 2. The van der Waals surface area contributed by atoms with Crippen molar-refractivity contribution in [1.82, 2.24) is 9.80 Å². The third-order valence-corrected chi connectivity index (χ3v) is 6.24. The summed E-state index contributed by atoms with van der Waals surface area (Å²) in [6.45, 7) is 1.70. The van der Waals surface area contributed by atoms with Gasteiger partial charge in [-0.15, -0.1) is 0 Å². The van der Waals surface area contributed by atoms with Gasteiger partial charge in [0.15, 0.2) is 0 Å². The van der Waals surface area contributed by atoms with Gasteiger partial charge in [0.1, 0.15) is 6.29 Å². The normalized spacial score (nSPS) is 35.5. The maximum atomic E-state index is 12.1. The third kappa shape index (κ3) is 3.02. The Kier molecular flexibility index (Phi) is 4.47. The summed E-state index contributed by atoms with van der Waals surface area (Å²) >= 11 is 0. The van der Waals surface area contributed by atoms with Crippen molar-refractivity contribution in [3.8, 4) is 0 Å². The number of hydrogen-bond donors (Lipinski definition) is 0. The molecule has 2 aliphatic carbocycles. The van der Waals surface area contributed by atoms with Gasteiger partial charge in [-0.2, -0.15) is 0 Å². The Bertz CT molecular complexity index is 415. The van der Waals surface area contributed by atoms with Gasteiger partial charge in [0.2, 0.25) is 0 Å². The minimum Gasteiger partial charge on any atom is -0.331 e. The molecule has 3 aliphatic rings. The molecule has 2 saturated carbocycles. The summed E-state index contributed by atoms with van der Waals surface area (Å²) < 4.78 is 0. The Morgan fingerprint density at radius 3 is 2.23 bits per heavy atom. The van der Waals surface area contributed by atoms with E-state index in [1.54, 1.807) is 4.90 Å². The molecule has 124 valence electrons. The van der Waals surface area contributed by atoms with E-state index >= 15 is 0 Å². The van der Waals surface area contributed by atoms with Crippen molar-refractivity contribution in [3.05, 3.63) is 0 Å². The molecule has 0 N–H and O–H groups in total. The molecule has 3 fully saturated rings. The lowest BCUT2D eigenvalue weighted by atomic mass is 9.73. The first kappa shape index (κ1) is 15.8. The van der Waals surface area contributed by atoms with Crippen LogP contribution in [0.15, 0.2) is 0 Å². The topological polar surface area (TPSA) is 40.6 Å². The van der Waals surface area contributed by atoms with Gasteiger partial charge >= 0.3 is 6.03 Å². The Balaban J connectivity index is 1.60. The molecule has 1 saturated heterocycles. The summed E-state index contributed by atoms with van der Waals surface area (Å²) in [5, 5.41) is 0. The van der Waals surface area contributed by atoms with Crippen LogP contribution in [0.4, 0.5) is 4.79 Å². The SMILES string of the molecule is CN(C)C(=O)N1CC2CC(C=O)(CC3CCCCC3)CC2C1. The van der Waals surface area contributed by atoms with Crippen LogP contribution >= 0.6 is 0 Å². The van der Waals surface area contributed by atoms with Gasteiger partial charge in [0, 0.05) is 32.6 Å². The van der Waals surface area contributed by atoms with Crippen molar-refractivity contribution in [2.24, 2.45) is 23.2 Å². The predicted octanol–water partition coefficient (Wildman–Crippen LogP) is 3.17. The van der Waals surface area contributed by atoms with Gasteiger partial charge in [0.25, 0.3) is 0 Å². The van der Waals surface area contributed by atoms with E-state index in [9.17, 15) is 9.59 Å². The number of aldehydes is 1. The number of likely N-dealkylation sites (tertiary alicyclic amines) is 1. The summed E-state index contributed by atoms with van der Waals surface area (Å²) in [4.78, 5) is 27.6. The zero-order chi connectivity index (χ0) is 15.7. The first-order valence-corrected chi connectivity index (χ1v) is 8.95. The van der Waals surface area contributed by atoms with Crippen LogP contribution in [-0.4, -0.2) is 49.3 Å². The zero-order valence-corrected chi connectivity index (χ0v) is 14.1. The third-order valence-electron chi connectivity index (χ3n) is 6.24. The molecule has 2 unspecified atom stereocenters. The van der Waals surface area contributed by atoms with E-state index in [0.29, 0.717) is 11.8 Å². The lowest BCUT2D eigenvalue weighted by Gasteiger charge is -2.32. The fourth-order valence-electron chi connectivity index (χ4n) is 5.25. The van der Waals surface area contributed by atoms with Gasteiger partial charge in [-0.3, -0.25) is 0 Å². The highest BCUT2D eigenvalue weighted by Gasteiger charge is 2.50. The molecule has 3 rings (SSSR count). The smallest absolute Gasteiger partial charge is 0.319 e. The molecule has 0 spiro atoms. The summed E-state index contributed by atoms with van der Waals surface area (Å²) in [5.41, 5.74) is -0.0788. The second-order valence-corrected chi connectivity index (χ2v) is 8.20. The van der Waals surface area contributed by atoms with Gasteiger partial charge in [-0.1, -0.05) is 32.1 Å². The summed E-state index contributed by atoms with van der Waals surface area (Å²) in [6.07, 6.45) is 11.1. The second-order valence-electron chi connectivity index (χ2n) is 8.20. The van der Waals surface area contributed by atoms with Gasteiger partial charge in [-0.05, 0) is 37.0 Å². The van der Waals surface area contributed by atoms with E-state index in [1.807, 2.05) is 19.0 Å². The van der Waals surface area contributed by atoms with Crippen molar-refractivity contribution in [1.29, 1.82) is 0 Å².